The Balaban J connectivity index is 0.000000272. The van der Waals surface area contributed by atoms with Crippen LogP contribution in [0.25, 0.3) is 0 Å². The van der Waals surface area contributed by atoms with Gasteiger partial charge in [-0.2, -0.15) is 15.0 Å². The fourth-order valence-corrected chi connectivity index (χ4v) is 7.67. The second-order valence-electron chi connectivity index (χ2n) is 15.0. The van der Waals surface area contributed by atoms with Crippen molar-refractivity contribution in [1.82, 2.24) is 47.7 Å². The zero-order valence-electron chi connectivity index (χ0n) is 36.9. The number of carboxylic acids is 2. The summed E-state index contributed by atoms with van der Waals surface area (Å²) in [5, 5.41) is 15.5. The lowest BCUT2D eigenvalue weighted by Gasteiger charge is -2.39. The van der Waals surface area contributed by atoms with Crippen LogP contribution in [0.3, 0.4) is 0 Å². The summed E-state index contributed by atoms with van der Waals surface area (Å²) in [5.41, 5.74) is 0.141. The highest BCUT2D eigenvalue weighted by molar-refractivity contribution is 9.09. The minimum Gasteiger partial charge on any atom is -0.473 e. The Morgan fingerprint density at radius 1 is 0.730 bits per heavy atom. The van der Waals surface area contributed by atoms with Crippen LogP contribution in [0.15, 0.2) is 53.0 Å². The van der Waals surface area contributed by atoms with Crippen LogP contribution in [-0.4, -0.2) is 99.9 Å². The third kappa shape index (κ3) is 14.5. The number of benzene rings is 1. The summed E-state index contributed by atoms with van der Waals surface area (Å²) in [6.07, 6.45) is 8.13. The van der Waals surface area contributed by atoms with E-state index in [2.05, 4.69) is 72.0 Å². The largest absolute Gasteiger partial charge is 0.473 e. The number of piperidine rings is 1. The number of carboxylic acid groups (broad SMARTS) is 2. The highest BCUT2D eigenvalue weighted by Gasteiger charge is 2.40. The molecular formula is C41H59BrN10O11. The quantitative estimate of drug-likeness (QED) is 0.124. The van der Waals surface area contributed by atoms with Gasteiger partial charge in [-0.3, -0.25) is 23.6 Å². The molecule has 2 aliphatic heterocycles. The number of rotatable bonds is 13. The third-order valence-electron chi connectivity index (χ3n) is 10.9. The van der Waals surface area contributed by atoms with Crippen LogP contribution in [0, 0.1) is 6.92 Å². The van der Waals surface area contributed by atoms with Crippen molar-refractivity contribution in [2.45, 2.75) is 123 Å². The number of aromatic nitrogens is 9. The zero-order chi connectivity index (χ0) is 47.0. The minimum absolute atomic E-state index is 0.261. The normalized spacial score (nSPS) is 16.5. The highest BCUT2D eigenvalue weighted by atomic mass is 79.9. The lowest BCUT2D eigenvalue weighted by atomic mass is 9.99. The molecule has 2 unspecified atom stereocenters. The number of hydrogen-bond acceptors (Lipinski definition) is 13. The maximum atomic E-state index is 12.5. The molecule has 3 N–H and O–H groups in total. The average molecular weight is 948 g/mol. The summed E-state index contributed by atoms with van der Waals surface area (Å²) in [5.74, 6) is -2.08. The molecule has 6 rings (SSSR count). The van der Waals surface area contributed by atoms with Gasteiger partial charge in [-0.05, 0) is 56.6 Å². The molecule has 0 amide bonds. The van der Waals surface area contributed by atoms with Gasteiger partial charge in [0.15, 0.2) is 0 Å². The fraction of sp³-hybridized carbons (Fsp3) is 0.585. The van der Waals surface area contributed by atoms with Crippen molar-refractivity contribution in [3.05, 3.63) is 116 Å². The number of carbonyl (C=O) groups is 2. The smallest absolute Gasteiger partial charge is 0.414 e. The van der Waals surface area contributed by atoms with Gasteiger partial charge in [-0.15, -0.1) is 0 Å². The van der Waals surface area contributed by atoms with Crippen LogP contribution in [0.2, 0.25) is 0 Å². The predicted molar refractivity (Wildman–Crippen MR) is 237 cm³/mol. The van der Waals surface area contributed by atoms with Crippen molar-refractivity contribution < 1.29 is 24.5 Å². The topological polar surface area (TPSA) is 269 Å². The monoisotopic (exact) mass is 946 g/mol. The second-order valence-corrected chi connectivity index (χ2v) is 15.7. The lowest BCUT2D eigenvalue weighted by molar-refractivity contribution is -0.159. The third-order valence-corrected chi connectivity index (χ3v) is 11.4. The number of aryl methyl sites for hydroxylation is 4. The van der Waals surface area contributed by atoms with Gasteiger partial charge in [0, 0.05) is 77.5 Å². The van der Waals surface area contributed by atoms with Crippen LogP contribution in [-0.2, 0) is 74.4 Å². The second kappa shape index (κ2) is 24.9. The van der Waals surface area contributed by atoms with Crippen molar-refractivity contribution in [3.8, 4) is 0 Å². The Morgan fingerprint density at radius 2 is 1.21 bits per heavy atom. The molecule has 0 spiro atoms. The van der Waals surface area contributed by atoms with Crippen molar-refractivity contribution >= 4 is 27.9 Å². The van der Waals surface area contributed by atoms with Crippen LogP contribution in [0.1, 0.15) is 87.9 Å². The average Bonchev–Trinajstić information content (AvgIpc) is 3.49. The molecule has 0 aliphatic carbocycles. The summed E-state index contributed by atoms with van der Waals surface area (Å²) >= 11 is 3.26. The van der Waals surface area contributed by atoms with Gasteiger partial charge >= 0.3 is 46.1 Å². The molecule has 5 heterocycles. The molecule has 4 aromatic rings. The van der Waals surface area contributed by atoms with E-state index in [0.717, 1.165) is 37.6 Å². The summed E-state index contributed by atoms with van der Waals surface area (Å²) < 4.78 is 13.0. The number of nitrogens with zero attached hydrogens (tertiary/aromatic N) is 9. The van der Waals surface area contributed by atoms with Gasteiger partial charge in [-0.25, -0.2) is 47.5 Å². The first-order chi connectivity index (χ1) is 29.9. The van der Waals surface area contributed by atoms with Gasteiger partial charge in [0.25, 0.3) is 0 Å². The number of H-pyrrole nitrogens is 1. The summed E-state index contributed by atoms with van der Waals surface area (Å²) in [7, 11) is 4.90. The first kappa shape index (κ1) is 51.7. The van der Waals surface area contributed by atoms with E-state index >= 15 is 0 Å². The summed E-state index contributed by atoms with van der Waals surface area (Å²) in [6.45, 7) is 10.2. The molecule has 2 aliphatic rings. The van der Waals surface area contributed by atoms with Crippen LogP contribution in [0.5, 0.6) is 0 Å². The van der Waals surface area contributed by atoms with E-state index < -0.39 is 34.7 Å². The molecule has 1 aromatic carbocycles. The molecular weight excluding hydrogens is 888 g/mol. The van der Waals surface area contributed by atoms with Crippen molar-refractivity contribution in [2.24, 2.45) is 21.1 Å². The van der Waals surface area contributed by atoms with Gasteiger partial charge in [0.2, 0.25) is 0 Å². The lowest BCUT2D eigenvalue weighted by Crippen LogP contribution is -2.47. The fourth-order valence-electron chi connectivity index (χ4n) is 7.42. The number of nitrogens with one attached hydrogen (secondary N) is 1. The van der Waals surface area contributed by atoms with Crippen LogP contribution >= 0.6 is 15.9 Å². The van der Waals surface area contributed by atoms with E-state index in [1.165, 1.54) is 46.8 Å². The molecule has 2 saturated heterocycles. The van der Waals surface area contributed by atoms with Gasteiger partial charge in [0.1, 0.15) is 17.5 Å². The first-order valence-electron chi connectivity index (χ1n) is 20.8. The van der Waals surface area contributed by atoms with Crippen molar-refractivity contribution in [2.75, 3.05) is 11.9 Å². The van der Waals surface area contributed by atoms with Gasteiger partial charge < -0.3 is 14.9 Å². The standard InChI is InChI=1S/C24H34N4O3.C9H14BrN3O2.C6H9N3O2.C2H2O4/c1-4-22-25-23(29)28(24(30)26(22)3)13-7-12-27-19-10-11-20(27)15-21(14-19)31-16-18-9-6-5-8-17(18)2;1-3-7-11-8(14)13(6-4-5-10)9(15)12(7)2;1-3-4-7-5(10)8-6(11)9(4)2;3-1(4)2(5)6/h5-6,8-9,19-21H,4,7,10-16H2,1-3H3;3-6H2,1-2H3;3H2,1-2H3,(H,8,10,11);(H,3,4)(H,5,6). The summed E-state index contributed by atoms with van der Waals surface area (Å²) in [4.78, 5) is 104. The zero-order valence-corrected chi connectivity index (χ0v) is 38.5. The SMILES string of the molecule is CCc1nc(=O)[nH]c(=O)n1C.CCc1nc(=O)n(CCCBr)c(=O)n1C.CCc1nc(=O)n(CCCN2C3CCC2CC(OCc2ccccc2C)C3)c(=O)n1C.O=C(O)C(=O)O. The number of aromatic amines is 1. The number of alkyl halides is 1. The van der Waals surface area contributed by atoms with Crippen LogP contribution < -0.4 is 34.1 Å². The first-order valence-corrected chi connectivity index (χ1v) is 21.9. The number of aliphatic carboxylic acids is 2. The maximum Gasteiger partial charge on any atom is 0.414 e. The molecule has 63 heavy (non-hydrogen) atoms. The molecule has 2 bridgehead atoms. The number of fused-ring (bicyclic) bond motifs is 2. The molecule has 346 valence electrons. The molecule has 21 nitrogen and oxygen atoms in total. The summed E-state index contributed by atoms with van der Waals surface area (Å²) in [6, 6.07) is 9.50. The minimum atomic E-state index is -1.82. The molecule has 3 aromatic heterocycles. The molecule has 0 radical (unpaired) electrons. The van der Waals surface area contributed by atoms with E-state index in [9.17, 15) is 28.8 Å². The Labute approximate surface area is 371 Å². The Morgan fingerprint density at radius 3 is 1.67 bits per heavy atom. The predicted octanol–water partition coefficient (Wildman–Crippen LogP) is 0.891. The molecule has 2 atom stereocenters. The van der Waals surface area contributed by atoms with E-state index in [0.29, 0.717) is 74.6 Å². The van der Waals surface area contributed by atoms with Gasteiger partial charge in [-0.1, -0.05) is 61.0 Å². The number of halogens is 1. The Hall–Kier alpha value is -5.61. The molecule has 22 heteroatoms. The molecule has 2 fully saturated rings. The van der Waals surface area contributed by atoms with E-state index in [4.69, 9.17) is 24.5 Å². The Kier molecular flexibility index (Phi) is 20.4. The van der Waals surface area contributed by atoms with E-state index in [-0.39, 0.29) is 11.4 Å². The number of ether oxygens (including phenoxy) is 1. The van der Waals surface area contributed by atoms with E-state index in [1.54, 1.807) is 21.1 Å². The van der Waals surface area contributed by atoms with Crippen LogP contribution in [0.4, 0.5) is 0 Å². The van der Waals surface area contributed by atoms with Gasteiger partial charge in [0.05, 0.1) is 12.7 Å². The number of hydrogen-bond donors (Lipinski definition) is 3. The highest BCUT2D eigenvalue weighted by Crippen LogP contribution is 2.37. The van der Waals surface area contributed by atoms with Crippen molar-refractivity contribution in [1.29, 1.82) is 0 Å². The van der Waals surface area contributed by atoms with E-state index in [1.807, 2.05) is 20.8 Å². The van der Waals surface area contributed by atoms with Crippen molar-refractivity contribution in [3.63, 3.8) is 0 Å². The molecule has 0 saturated carbocycles. The Bertz CT molecular complexity index is 2520. The maximum absolute atomic E-state index is 12.5.